The summed E-state index contributed by atoms with van der Waals surface area (Å²) in [5.74, 6) is -0.362. The molecular weight excluding hydrogens is 274 g/mol. The molecule has 1 aromatic carbocycles. The van der Waals surface area contributed by atoms with Crippen LogP contribution in [0.25, 0.3) is 0 Å². The Kier molecular flexibility index (Phi) is 9.39. The summed E-state index contributed by atoms with van der Waals surface area (Å²) in [6.07, 6.45) is 0. The fraction of sp³-hybridized carbons (Fsp3) is 0.533. The molecular formula is C15H23NO5. The van der Waals surface area contributed by atoms with Crippen molar-refractivity contribution >= 4 is 5.97 Å². The van der Waals surface area contributed by atoms with E-state index >= 15 is 0 Å². The Hall–Kier alpha value is -1.47. The van der Waals surface area contributed by atoms with Crippen LogP contribution in [0.2, 0.25) is 0 Å². The Morgan fingerprint density at radius 2 is 1.52 bits per heavy atom. The van der Waals surface area contributed by atoms with Gasteiger partial charge in [0.15, 0.2) is 0 Å². The molecule has 6 nitrogen and oxygen atoms in total. The van der Waals surface area contributed by atoms with Crippen molar-refractivity contribution in [3.05, 3.63) is 35.4 Å². The summed E-state index contributed by atoms with van der Waals surface area (Å²) in [6, 6.07) is 7.03. The predicted octanol–water partition coefficient (Wildman–Crippen LogP) is 0.982. The van der Waals surface area contributed by atoms with Crippen LogP contribution in [0, 0.1) is 0 Å². The van der Waals surface area contributed by atoms with Gasteiger partial charge in [0, 0.05) is 13.7 Å². The molecule has 0 aliphatic heterocycles. The van der Waals surface area contributed by atoms with Gasteiger partial charge in [-0.3, -0.25) is 0 Å². The molecule has 0 radical (unpaired) electrons. The summed E-state index contributed by atoms with van der Waals surface area (Å²) in [4.78, 5) is 11.7. The van der Waals surface area contributed by atoms with Crippen molar-refractivity contribution < 1.29 is 23.7 Å². The predicted molar refractivity (Wildman–Crippen MR) is 78.1 cm³/mol. The maximum absolute atomic E-state index is 11.7. The number of hydrogen-bond acceptors (Lipinski definition) is 6. The van der Waals surface area contributed by atoms with E-state index in [0.29, 0.717) is 45.1 Å². The highest BCUT2D eigenvalue weighted by atomic mass is 16.6. The fourth-order valence-corrected chi connectivity index (χ4v) is 1.52. The lowest BCUT2D eigenvalue weighted by Crippen LogP contribution is -2.14. The second kappa shape index (κ2) is 11.2. The third kappa shape index (κ3) is 7.77. The van der Waals surface area contributed by atoms with Crippen molar-refractivity contribution in [2.24, 2.45) is 5.73 Å². The Labute approximate surface area is 125 Å². The average molecular weight is 297 g/mol. The SMILES string of the molecule is COCCOCCOCCOC(=O)c1ccc(CN)cc1. The quantitative estimate of drug-likeness (QED) is 0.484. The lowest BCUT2D eigenvalue weighted by molar-refractivity contribution is 0.00570. The van der Waals surface area contributed by atoms with E-state index in [2.05, 4.69) is 0 Å². The molecule has 1 aromatic rings. The van der Waals surface area contributed by atoms with Crippen molar-refractivity contribution in [3.63, 3.8) is 0 Å². The average Bonchev–Trinajstić information content (AvgIpc) is 2.53. The number of nitrogens with two attached hydrogens (primary N) is 1. The number of carbonyl (C=O) groups excluding carboxylic acids is 1. The fourth-order valence-electron chi connectivity index (χ4n) is 1.52. The molecule has 0 unspecified atom stereocenters. The van der Waals surface area contributed by atoms with E-state index in [1.807, 2.05) is 12.1 Å². The molecule has 2 N–H and O–H groups in total. The van der Waals surface area contributed by atoms with E-state index < -0.39 is 0 Å². The van der Waals surface area contributed by atoms with Crippen LogP contribution in [0.3, 0.4) is 0 Å². The molecule has 0 saturated heterocycles. The molecule has 0 aromatic heterocycles. The summed E-state index contributed by atoms with van der Waals surface area (Å²) in [7, 11) is 1.62. The number of rotatable bonds is 11. The van der Waals surface area contributed by atoms with E-state index in [1.54, 1.807) is 19.2 Å². The standard InChI is InChI=1S/C15H23NO5/c1-18-6-7-19-8-9-20-10-11-21-15(17)14-4-2-13(12-16)3-5-14/h2-5H,6-12,16H2,1H3. The Morgan fingerprint density at radius 1 is 0.952 bits per heavy atom. The lowest BCUT2D eigenvalue weighted by Gasteiger charge is -2.07. The van der Waals surface area contributed by atoms with Crippen LogP contribution in [-0.4, -0.2) is 52.7 Å². The van der Waals surface area contributed by atoms with Crippen molar-refractivity contribution in [1.82, 2.24) is 0 Å². The first kappa shape index (κ1) is 17.6. The molecule has 0 spiro atoms. The molecule has 0 amide bonds. The molecule has 6 heteroatoms. The number of hydrogen-bond donors (Lipinski definition) is 1. The molecule has 21 heavy (non-hydrogen) atoms. The van der Waals surface area contributed by atoms with Gasteiger partial charge < -0.3 is 24.7 Å². The summed E-state index contributed by atoms with van der Waals surface area (Å²) in [5, 5.41) is 0. The zero-order chi connectivity index (χ0) is 15.3. The van der Waals surface area contributed by atoms with Gasteiger partial charge in [0.2, 0.25) is 0 Å². The van der Waals surface area contributed by atoms with Gasteiger partial charge in [0.1, 0.15) is 6.61 Å². The van der Waals surface area contributed by atoms with Gasteiger partial charge in [-0.05, 0) is 17.7 Å². The Balaban J connectivity index is 2.05. The molecule has 0 saturated carbocycles. The number of esters is 1. The van der Waals surface area contributed by atoms with Crippen LogP contribution in [0.4, 0.5) is 0 Å². The minimum Gasteiger partial charge on any atom is -0.460 e. The summed E-state index contributed by atoms with van der Waals surface area (Å²) < 4.78 is 20.4. The first-order chi connectivity index (χ1) is 10.3. The zero-order valence-corrected chi connectivity index (χ0v) is 12.4. The van der Waals surface area contributed by atoms with E-state index in [-0.39, 0.29) is 12.6 Å². The highest BCUT2D eigenvalue weighted by Crippen LogP contribution is 2.05. The van der Waals surface area contributed by atoms with E-state index in [9.17, 15) is 4.79 Å². The number of carbonyl (C=O) groups is 1. The molecule has 118 valence electrons. The molecule has 0 atom stereocenters. The third-order valence-electron chi connectivity index (χ3n) is 2.69. The monoisotopic (exact) mass is 297 g/mol. The first-order valence-electron chi connectivity index (χ1n) is 6.88. The van der Waals surface area contributed by atoms with Gasteiger partial charge in [-0.15, -0.1) is 0 Å². The van der Waals surface area contributed by atoms with Crippen LogP contribution < -0.4 is 5.73 Å². The third-order valence-corrected chi connectivity index (χ3v) is 2.69. The smallest absolute Gasteiger partial charge is 0.338 e. The lowest BCUT2D eigenvalue weighted by atomic mass is 10.1. The summed E-state index contributed by atoms with van der Waals surface area (Å²) in [5.41, 5.74) is 6.98. The van der Waals surface area contributed by atoms with Crippen molar-refractivity contribution in [1.29, 1.82) is 0 Å². The number of benzene rings is 1. The van der Waals surface area contributed by atoms with Crippen molar-refractivity contribution in [2.75, 3.05) is 46.8 Å². The largest absolute Gasteiger partial charge is 0.460 e. The van der Waals surface area contributed by atoms with E-state index in [4.69, 9.17) is 24.7 Å². The van der Waals surface area contributed by atoms with E-state index in [1.165, 1.54) is 0 Å². The van der Waals surface area contributed by atoms with Gasteiger partial charge >= 0.3 is 5.97 Å². The van der Waals surface area contributed by atoms with E-state index in [0.717, 1.165) is 5.56 Å². The summed E-state index contributed by atoms with van der Waals surface area (Å²) >= 11 is 0. The molecule has 0 aliphatic carbocycles. The number of methoxy groups -OCH3 is 1. The topological polar surface area (TPSA) is 80.0 Å². The van der Waals surface area contributed by atoms with Gasteiger partial charge in [0.25, 0.3) is 0 Å². The zero-order valence-electron chi connectivity index (χ0n) is 12.4. The van der Waals surface area contributed by atoms with Crippen LogP contribution in [-0.2, 0) is 25.5 Å². The van der Waals surface area contributed by atoms with Crippen molar-refractivity contribution in [3.8, 4) is 0 Å². The van der Waals surface area contributed by atoms with Gasteiger partial charge in [0.05, 0.1) is 38.6 Å². The van der Waals surface area contributed by atoms with Crippen LogP contribution in [0.1, 0.15) is 15.9 Å². The molecule has 0 fully saturated rings. The van der Waals surface area contributed by atoms with Gasteiger partial charge in [-0.1, -0.05) is 12.1 Å². The highest BCUT2D eigenvalue weighted by Gasteiger charge is 2.06. The van der Waals surface area contributed by atoms with Crippen LogP contribution in [0.5, 0.6) is 0 Å². The van der Waals surface area contributed by atoms with Crippen LogP contribution >= 0.6 is 0 Å². The number of ether oxygens (including phenoxy) is 4. The van der Waals surface area contributed by atoms with Gasteiger partial charge in [-0.25, -0.2) is 4.79 Å². The molecule has 1 rings (SSSR count). The first-order valence-corrected chi connectivity index (χ1v) is 6.88. The highest BCUT2D eigenvalue weighted by molar-refractivity contribution is 5.89. The maximum atomic E-state index is 11.7. The van der Waals surface area contributed by atoms with Crippen molar-refractivity contribution in [2.45, 2.75) is 6.54 Å². The minimum atomic E-state index is -0.362. The maximum Gasteiger partial charge on any atom is 0.338 e. The normalized spacial score (nSPS) is 10.6. The van der Waals surface area contributed by atoms with Gasteiger partial charge in [-0.2, -0.15) is 0 Å². The molecule has 0 heterocycles. The van der Waals surface area contributed by atoms with Crippen LogP contribution in [0.15, 0.2) is 24.3 Å². The molecule has 0 aliphatic rings. The second-order valence-corrected chi connectivity index (χ2v) is 4.25. The summed E-state index contributed by atoms with van der Waals surface area (Å²) in [6.45, 7) is 3.10. The molecule has 0 bridgehead atoms. The minimum absolute atomic E-state index is 0.218. The second-order valence-electron chi connectivity index (χ2n) is 4.25. The Bertz CT molecular complexity index is 394. The Morgan fingerprint density at radius 3 is 2.10 bits per heavy atom.